The van der Waals surface area contributed by atoms with Gasteiger partial charge in [-0.1, -0.05) is 18.2 Å². The second-order valence-electron chi connectivity index (χ2n) is 2.84. The van der Waals surface area contributed by atoms with Gasteiger partial charge >= 0.3 is 0 Å². The first kappa shape index (κ1) is 13.1. The van der Waals surface area contributed by atoms with E-state index >= 15 is 0 Å². The Balaban J connectivity index is 0.00000112. The van der Waals surface area contributed by atoms with Gasteiger partial charge in [0.05, 0.1) is 5.00 Å². The molecular weight excluding hydrogens is 307 g/mol. The number of benzene rings is 1. The zero-order valence-electron chi connectivity index (χ0n) is 8.04. The van der Waals surface area contributed by atoms with Gasteiger partial charge < -0.3 is 12.7 Å². The fourth-order valence-electron chi connectivity index (χ4n) is 1.20. The predicted octanol–water partition coefficient (Wildman–Crippen LogP) is 2.56. The summed E-state index contributed by atoms with van der Waals surface area (Å²) >= 11 is 1.47. The van der Waals surface area contributed by atoms with Crippen molar-refractivity contribution in [2.24, 2.45) is 0 Å². The van der Waals surface area contributed by atoms with Crippen LogP contribution in [0.15, 0.2) is 30.3 Å². The van der Waals surface area contributed by atoms with Crippen molar-refractivity contribution in [3.63, 3.8) is 0 Å². The third-order valence-corrected chi connectivity index (χ3v) is 3.90. The van der Waals surface area contributed by atoms with Crippen molar-refractivity contribution in [3.8, 4) is 0 Å². The molecule has 0 saturated carbocycles. The molecule has 1 heterocycles. The van der Waals surface area contributed by atoms with Gasteiger partial charge in [0.15, 0.2) is 0 Å². The molecule has 0 amide bonds. The van der Waals surface area contributed by atoms with E-state index in [9.17, 15) is 8.42 Å². The predicted molar refractivity (Wildman–Crippen MR) is 59.0 cm³/mol. The molecule has 1 radical (unpaired) electrons. The van der Waals surface area contributed by atoms with Crippen LogP contribution in [0, 0.1) is 0 Å². The number of anilines is 1. The first-order valence-corrected chi connectivity index (χ1v) is 5.85. The smallest absolute Gasteiger partial charge is 0.0769 e. The second kappa shape index (κ2) is 5.39. The average Bonchev–Trinajstić information content (AvgIpc) is 2.59. The molecule has 0 unspecified atom stereocenters. The van der Waals surface area contributed by atoms with Crippen molar-refractivity contribution in [2.75, 3.05) is 11.4 Å². The third-order valence-electron chi connectivity index (χ3n) is 1.95. The van der Waals surface area contributed by atoms with E-state index in [1.165, 1.54) is 22.7 Å². The summed E-state index contributed by atoms with van der Waals surface area (Å²) in [7, 11) is -0.659. The molecule has 1 aromatic heterocycles. The second-order valence-corrected chi connectivity index (χ2v) is 4.88. The topological polar surface area (TPSA) is 37.4 Å². The molecule has 2 rings (SSSR count). The van der Waals surface area contributed by atoms with Gasteiger partial charge in [-0.05, 0) is 24.6 Å². The van der Waals surface area contributed by atoms with Crippen LogP contribution in [0.25, 0.3) is 10.1 Å². The normalized spacial score (nSPS) is 10.3. The summed E-state index contributed by atoms with van der Waals surface area (Å²) in [5.41, 5.74) is 0. The van der Waals surface area contributed by atoms with Crippen LogP contribution in [0.2, 0.25) is 0 Å². The summed E-state index contributed by atoms with van der Waals surface area (Å²) in [6, 6.07) is 9.70. The summed E-state index contributed by atoms with van der Waals surface area (Å²) in [6.45, 7) is 0. The number of rotatable bonds is 2. The van der Waals surface area contributed by atoms with Gasteiger partial charge in [-0.2, -0.15) is 0 Å². The Kier molecular flexibility index (Phi) is 4.71. The molecule has 2 aromatic rings. The molecule has 1 aromatic carbocycles. The largest absolute Gasteiger partial charge is 0.403 e. The standard InChI is InChI=1S/C9H8NO2S2.Y/c1-10(14(11)12)9-6-7-4-2-3-5-8(7)13-9;/h2-6H,1H3;/q-1;. The molecule has 6 heteroatoms. The summed E-state index contributed by atoms with van der Waals surface area (Å²) in [4.78, 5) is 0. The third kappa shape index (κ3) is 2.78. The summed E-state index contributed by atoms with van der Waals surface area (Å²) < 4.78 is 23.7. The van der Waals surface area contributed by atoms with Crippen molar-refractivity contribution in [1.82, 2.24) is 0 Å². The van der Waals surface area contributed by atoms with Crippen LogP contribution < -0.4 is 4.31 Å². The molecule has 0 saturated heterocycles. The first-order valence-electron chi connectivity index (χ1n) is 4.00. The summed E-state index contributed by atoms with van der Waals surface area (Å²) in [6.07, 6.45) is 0. The van der Waals surface area contributed by atoms with Crippen molar-refractivity contribution in [3.05, 3.63) is 30.3 Å². The average molecular weight is 315 g/mol. The number of nitrogens with zero attached hydrogens (tertiary/aromatic N) is 1. The maximum Gasteiger partial charge on any atom is 0.0769 e. The molecule has 0 N–H and O–H groups in total. The molecule has 0 aliphatic carbocycles. The molecule has 0 fully saturated rings. The molecule has 0 aliphatic rings. The zero-order chi connectivity index (χ0) is 10.1. The van der Waals surface area contributed by atoms with Crippen LogP contribution in [0.1, 0.15) is 0 Å². The SMILES string of the molecule is CN(c1cc2ccccc2s1)[S-](=O)=O.[Y]. The van der Waals surface area contributed by atoms with Crippen LogP contribution in [0.5, 0.6) is 0 Å². The van der Waals surface area contributed by atoms with Crippen LogP contribution in [-0.4, -0.2) is 7.05 Å². The first-order chi connectivity index (χ1) is 6.68. The fourth-order valence-corrected chi connectivity index (χ4v) is 2.62. The van der Waals surface area contributed by atoms with Crippen LogP contribution in [0.3, 0.4) is 0 Å². The Morgan fingerprint density at radius 3 is 2.53 bits per heavy atom. The van der Waals surface area contributed by atoms with Gasteiger partial charge in [-0.15, -0.1) is 11.3 Å². The molecular formula is C9H8NO2S2Y-. The maximum absolute atomic E-state index is 10.7. The van der Waals surface area contributed by atoms with E-state index in [0.717, 1.165) is 15.1 Å². The van der Waals surface area contributed by atoms with Crippen molar-refractivity contribution in [1.29, 1.82) is 0 Å². The van der Waals surface area contributed by atoms with Crippen molar-refractivity contribution < 1.29 is 41.1 Å². The number of thiophene rings is 1. The van der Waals surface area contributed by atoms with E-state index < -0.39 is 10.9 Å². The van der Waals surface area contributed by atoms with E-state index in [2.05, 4.69) is 0 Å². The van der Waals surface area contributed by atoms with E-state index in [-0.39, 0.29) is 32.7 Å². The molecule has 0 aliphatic heterocycles. The van der Waals surface area contributed by atoms with E-state index in [1.807, 2.05) is 30.3 Å². The molecule has 3 nitrogen and oxygen atoms in total. The van der Waals surface area contributed by atoms with E-state index in [1.54, 1.807) is 0 Å². The number of hydrogen-bond donors (Lipinski definition) is 0. The van der Waals surface area contributed by atoms with Crippen molar-refractivity contribution in [2.45, 2.75) is 0 Å². The van der Waals surface area contributed by atoms with Crippen LogP contribution in [-0.2, 0) is 52.0 Å². The molecule has 77 valence electrons. The Bertz CT molecular complexity index is 495. The molecule has 0 spiro atoms. The molecule has 0 bridgehead atoms. The Morgan fingerprint density at radius 1 is 1.27 bits per heavy atom. The minimum absolute atomic E-state index is 0. The monoisotopic (exact) mass is 315 g/mol. The Morgan fingerprint density at radius 2 is 1.93 bits per heavy atom. The zero-order valence-corrected chi connectivity index (χ0v) is 12.5. The number of hydrogen-bond acceptors (Lipinski definition) is 4. The van der Waals surface area contributed by atoms with Gasteiger partial charge in [-0.3, -0.25) is 0 Å². The molecule has 0 atom stereocenters. The Labute approximate surface area is 119 Å². The van der Waals surface area contributed by atoms with Crippen LogP contribution >= 0.6 is 11.3 Å². The number of fused-ring (bicyclic) bond motifs is 1. The van der Waals surface area contributed by atoms with Crippen LogP contribution in [0.4, 0.5) is 5.00 Å². The molecule has 15 heavy (non-hydrogen) atoms. The fraction of sp³-hybridized carbons (Fsp3) is 0.111. The van der Waals surface area contributed by atoms with Gasteiger partial charge in [0.25, 0.3) is 0 Å². The van der Waals surface area contributed by atoms with E-state index in [4.69, 9.17) is 0 Å². The van der Waals surface area contributed by atoms with Gasteiger partial charge in [-0.25, -0.2) is 0 Å². The van der Waals surface area contributed by atoms with Gasteiger partial charge in [0.2, 0.25) is 0 Å². The minimum Gasteiger partial charge on any atom is -0.403 e. The Hall–Kier alpha value is 0.0339. The van der Waals surface area contributed by atoms with Crippen molar-refractivity contribution >= 4 is 37.3 Å². The summed E-state index contributed by atoms with van der Waals surface area (Å²) in [5.74, 6) is 0. The van der Waals surface area contributed by atoms with Gasteiger partial charge in [0, 0.05) is 48.3 Å². The maximum atomic E-state index is 10.7. The van der Waals surface area contributed by atoms with Gasteiger partial charge in [0.1, 0.15) is 0 Å². The minimum atomic E-state index is -2.19. The summed E-state index contributed by atoms with van der Waals surface area (Å²) in [5, 5.41) is 1.81. The van der Waals surface area contributed by atoms with E-state index in [0.29, 0.717) is 0 Å². The quantitative estimate of drug-likeness (QED) is 0.799.